The lowest BCUT2D eigenvalue weighted by atomic mass is 10.1. The zero-order chi connectivity index (χ0) is 29.2. The van der Waals surface area contributed by atoms with E-state index in [4.69, 9.17) is 22.1 Å². The van der Waals surface area contributed by atoms with Crippen molar-refractivity contribution < 1.29 is 32.9 Å². The molecule has 0 bridgehead atoms. The van der Waals surface area contributed by atoms with Gasteiger partial charge in [0.2, 0.25) is 0 Å². The van der Waals surface area contributed by atoms with Crippen LogP contribution >= 0.6 is 11.6 Å². The molecule has 0 spiro atoms. The van der Waals surface area contributed by atoms with Gasteiger partial charge in [-0.1, -0.05) is 11.6 Å². The highest BCUT2D eigenvalue weighted by Gasteiger charge is 2.45. The molecule has 4 atom stereocenters. The van der Waals surface area contributed by atoms with Gasteiger partial charge in [0, 0.05) is 31.4 Å². The molecule has 4 rings (SSSR count). The summed E-state index contributed by atoms with van der Waals surface area (Å²) in [5.41, 5.74) is 5.47. The third-order valence-electron chi connectivity index (χ3n) is 6.58. The van der Waals surface area contributed by atoms with Crippen molar-refractivity contribution in [3.05, 3.63) is 41.4 Å². The van der Waals surface area contributed by atoms with Crippen LogP contribution in [0.3, 0.4) is 0 Å². The average molecular weight is 587 g/mol. The van der Waals surface area contributed by atoms with Crippen molar-refractivity contribution in [3.8, 4) is 0 Å². The van der Waals surface area contributed by atoms with Crippen LogP contribution in [-0.4, -0.2) is 84.7 Å². The number of nitrogens with one attached hydrogen (secondary N) is 2. The highest BCUT2D eigenvalue weighted by molar-refractivity contribution is 6.31. The maximum atomic E-state index is 13.0. The molecule has 12 nitrogen and oxygen atoms in total. The summed E-state index contributed by atoms with van der Waals surface area (Å²) in [6.45, 7) is 4.93. The average Bonchev–Trinajstić information content (AvgIpc) is 3.43. The topological polar surface area (TPSA) is 164 Å². The Hall–Kier alpha value is -3.24. The fourth-order valence-corrected chi connectivity index (χ4v) is 4.66. The first-order valence-electron chi connectivity index (χ1n) is 12.5. The zero-order valence-corrected chi connectivity index (χ0v) is 22.4. The predicted octanol–water partition coefficient (Wildman–Crippen LogP) is 2.62. The summed E-state index contributed by atoms with van der Waals surface area (Å²) < 4.78 is 46.7. The van der Waals surface area contributed by atoms with Gasteiger partial charge in [-0.3, -0.25) is 9.47 Å². The molecular formula is C24H30ClF3N8O4. The number of anilines is 2. The Morgan fingerprint density at radius 1 is 1.25 bits per heavy atom. The smallest absolute Gasteiger partial charge is 0.387 e. The van der Waals surface area contributed by atoms with Crippen molar-refractivity contribution in [2.75, 3.05) is 30.7 Å². The molecule has 6 N–H and O–H groups in total. The van der Waals surface area contributed by atoms with E-state index in [0.29, 0.717) is 24.1 Å². The molecule has 2 aromatic heterocycles. The van der Waals surface area contributed by atoms with Gasteiger partial charge < -0.3 is 31.3 Å². The fraction of sp³-hybridized carbons (Fsp3) is 0.500. The number of hydrogen-bond donors (Lipinski definition) is 5. The minimum Gasteiger partial charge on any atom is -0.387 e. The molecule has 16 heteroatoms. The van der Waals surface area contributed by atoms with Crippen LogP contribution in [0.2, 0.25) is 5.02 Å². The second-order valence-corrected chi connectivity index (χ2v) is 10.1. The van der Waals surface area contributed by atoms with Crippen LogP contribution in [0.5, 0.6) is 0 Å². The van der Waals surface area contributed by atoms with E-state index in [-0.39, 0.29) is 30.6 Å². The first kappa shape index (κ1) is 29.7. The van der Waals surface area contributed by atoms with Crippen LogP contribution in [0.4, 0.5) is 29.5 Å². The van der Waals surface area contributed by atoms with Crippen LogP contribution in [0, 0.1) is 0 Å². The second kappa shape index (κ2) is 12.1. The number of rotatable bonds is 9. The number of imidazole rings is 1. The number of alkyl halides is 3. The summed E-state index contributed by atoms with van der Waals surface area (Å²) in [6, 6.07) is 2.49. The summed E-state index contributed by atoms with van der Waals surface area (Å²) in [5, 5.41) is 26.0. The van der Waals surface area contributed by atoms with Crippen LogP contribution in [-0.2, 0) is 10.9 Å². The number of aliphatic hydroxyl groups is 2. The summed E-state index contributed by atoms with van der Waals surface area (Å²) in [5.74, 6) is 0.181. The molecule has 0 radical (unpaired) electrons. The van der Waals surface area contributed by atoms with Gasteiger partial charge in [-0.05, 0) is 38.5 Å². The Morgan fingerprint density at radius 2 is 2.00 bits per heavy atom. The van der Waals surface area contributed by atoms with Crippen LogP contribution in [0.1, 0.15) is 32.1 Å². The van der Waals surface area contributed by atoms with Crippen LogP contribution < -0.4 is 16.4 Å². The predicted molar refractivity (Wildman–Crippen MR) is 140 cm³/mol. The molecule has 218 valence electrons. The number of ether oxygens (including phenoxy) is 1. The largest absolute Gasteiger partial charge is 0.417 e. The summed E-state index contributed by atoms with van der Waals surface area (Å²) in [7, 11) is 0. The molecule has 0 aliphatic carbocycles. The number of hydrogen-bond acceptors (Lipinski definition) is 9. The number of nitrogen functional groups attached to an aromatic ring is 1. The molecule has 1 fully saturated rings. The van der Waals surface area contributed by atoms with Crippen LogP contribution in [0.25, 0.3) is 11.2 Å². The number of amides is 2. The molecule has 1 aliphatic heterocycles. The number of carbonyl (C=O) groups excluding carboxylic acids is 1. The van der Waals surface area contributed by atoms with Gasteiger partial charge in [0.15, 0.2) is 17.7 Å². The highest BCUT2D eigenvalue weighted by Crippen LogP contribution is 2.36. The number of fused-ring (bicyclic) bond motifs is 1. The monoisotopic (exact) mass is 586 g/mol. The molecule has 0 saturated carbocycles. The second-order valence-electron chi connectivity index (χ2n) is 9.64. The summed E-state index contributed by atoms with van der Waals surface area (Å²) >= 11 is 5.61. The van der Waals surface area contributed by atoms with Gasteiger partial charge in [-0.15, -0.1) is 0 Å². The zero-order valence-electron chi connectivity index (χ0n) is 21.6. The van der Waals surface area contributed by atoms with Gasteiger partial charge in [-0.2, -0.15) is 13.2 Å². The Morgan fingerprint density at radius 3 is 2.70 bits per heavy atom. The van der Waals surface area contributed by atoms with Gasteiger partial charge >= 0.3 is 12.2 Å². The third kappa shape index (κ3) is 6.55. The quantitative estimate of drug-likeness (QED) is 0.237. The molecule has 40 heavy (non-hydrogen) atoms. The van der Waals surface area contributed by atoms with E-state index in [1.807, 2.05) is 18.7 Å². The maximum Gasteiger partial charge on any atom is 0.417 e. The van der Waals surface area contributed by atoms with Crippen molar-refractivity contribution in [1.29, 1.82) is 0 Å². The summed E-state index contributed by atoms with van der Waals surface area (Å²) in [4.78, 5) is 26.5. The Balaban J connectivity index is 1.30. The van der Waals surface area contributed by atoms with E-state index in [1.165, 1.54) is 23.3 Å². The number of aliphatic hydroxyl groups excluding tert-OH is 2. The standard InChI is InChI=1S/C24H30ClF3N8O4/c1-12(2)35(7-3-6-30-23(39)34-13-4-5-15(25)14(8-13)24(26,27)28)9-16-18(37)19(38)22(40-16)36-11-33-17-20(29)31-10-32-21(17)36/h4-5,8,10-12,16,18-19,22,37-38H,3,6-7,9H2,1-2H3,(H2,29,31,32)(H2,30,34,39)/t16-,18-,19-,22-/m1/s1. The van der Waals surface area contributed by atoms with E-state index in [2.05, 4.69) is 25.6 Å². The number of urea groups is 1. The van der Waals surface area contributed by atoms with Gasteiger partial charge in [0.25, 0.3) is 0 Å². The number of benzene rings is 1. The minimum atomic E-state index is -4.65. The molecule has 0 unspecified atom stereocenters. The molecule has 3 aromatic rings. The Kier molecular flexibility index (Phi) is 8.99. The maximum absolute atomic E-state index is 13.0. The number of carbonyl (C=O) groups is 1. The van der Waals surface area contributed by atoms with Crippen molar-refractivity contribution in [2.24, 2.45) is 0 Å². The first-order chi connectivity index (χ1) is 18.9. The minimum absolute atomic E-state index is 0.0392. The third-order valence-corrected chi connectivity index (χ3v) is 6.91. The van der Waals surface area contributed by atoms with Crippen molar-refractivity contribution in [1.82, 2.24) is 29.7 Å². The molecule has 1 aromatic carbocycles. The Bertz CT molecular complexity index is 1340. The number of aromatic nitrogens is 4. The lowest BCUT2D eigenvalue weighted by molar-refractivity contribution is -0.137. The SMILES string of the molecule is CC(C)N(CCCNC(=O)Nc1ccc(Cl)c(C(F)(F)F)c1)C[C@H]1O[C@@H](n2cnc3c(N)ncnc32)[C@H](O)[C@@H]1O. The van der Waals surface area contributed by atoms with Crippen molar-refractivity contribution >= 4 is 40.3 Å². The fourth-order valence-electron chi connectivity index (χ4n) is 4.44. The number of halogens is 4. The van der Waals surface area contributed by atoms with E-state index in [1.54, 1.807) is 0 Å². The van der Waals surface area contributed by atoms with Crippen LogP contribution in [0.15, 0.2) is 30.9 Å². The van der Waals surface area contributed by atoms with Gasteiger partial charge in [0.05, 0.1) is 16.9 Å². The highest BCUT2D eigenvalue weighted by atomic mass is 35.5. The van der Waals surface area contributed by atoms with Crippen molar-refractivity contribution in [2.45, 2.75) is 57.0 Å². The van der Waals surface area contributed by atoms with Crippen molar-refractivity contribution in [3.63, 3.8) is 0 Å². The Labute approximate surface area is 232 Å². The van der Waals surface area contributed by atoms with E-state index >= 15 is 0 Å². The lowest BCUT2D eigenvalue weighted by Gasteiger charge is -2.30. The molecular weight excluding hydrogens is 557 g/mol. The molecule has 1 aliphatic rings. The normalized spacial score (nSPS) is 21.4. The van der Waals surface area contributed by atoms with E-state index < -0.39 is 47.3 Å². The van der Waals surface area contributed by atoms with Gasteiger partial charge in [0.1, 0.15) is 30.2 Å². The number of nitrogens with two attached hydrogens (primary N) is 1. The van der Waals surface area contributed by atoms with Gasteiger partial charge in [-0.25, -0.2) is 19.7 Å². The van der Waals surface area contributed by atoms with E-state index in [0.717, 1.165) is 12.1 Å². The summed E-state index contributed by atoms with van der Waals surface area (Å²) in [6.07, 6.45) is -5.56. The molecule has 2 amide bonds. The van der Waals surface area contributed by atoms with E-state index in [9.17, 15) is 28.2 Å². The first-order valence-corrected chi connectivity index (χ1v) is 12.8. The molecule has 1 saturated heterocycles. The number of nitrogens with zero attached hydrogens (tertiary/aromatic N) is 5. The lowest BCUT2D eigenvalue weighted by Crippen LogP contribution is -2.44. The molecule has 3 heterocycles.